The molecule has 0 aliphatic carbocycles. The van der Waals surface area contributed by atoms with Crippen LogP contribution in [0.2, 0.25) is 0 Å². The zero-order chi connectivity index (χ0) is 13.6. The molecule has 0 aliphatic heterocycles. The Morgan fingerprint density at radius 2 is 1.65 bits per heavy atom. The maximum Gasteiger partial charge on any atom is 0.223 e. The van der Waals surface area contributed by atoms with E-state index in [-0.39, 0.29) is 17.2 Å². The zero-order valence-electron chi connectivity index (χ0n) is 12.3. The van der Waals surface area contributed by atoms with Gasteiger partial charge in [0.15, 0.2) is 0 Å². The van der Waals surface area contributed by atoms with Gasteiger partial charge in [0.1, 0.15) is 0 Å². The van der Waals surface area contributed by atoms with Crippen molar-refractivity contribution >= 4 is 5.91 Å². The van der Waals surface area contributed by atoms with Gasteiger partial charge in [0, 0.05) is 12.5 Å². The van der Waals surface area contributed by atoms with Gasteiger partial charge in [0.05, 0.1) is 0 Å². The second-order valence-electron chi connectivity index (χ2n) is 6.43. The third-order valence-electron chi connectivity index (χ3n) is 3.30. The summed E-state index contributed by atoms with van der Waals surface area (Å²) in [7, 11) is 0. The van der Waals surface area contributed by atoms with E-state index in [1.54, 1.807) is 0 Å². The minimum absolute atomic E-state index is 0.0862. The second kappa shape index (κ2) is 7.00. The summed E-state index contributed by atoms with van der Waals surface area (Å²) in [6.45, 7) is 14.1. The highest BCUT2D eigenvalue weighted by Gasteiger charge is 2.27. The molecule has 0 rings (SSSR count). The number of carbonyl (C=O) groups excluding carboxylic acids is 1. The van der Waals surface area contributed by atoms with Crippen LogP contribution in [0.15, 0.2) is 0 Å². The SMILES string of the molecule is CC(C)C(C(=O)NCC(C)(C)CCN)C(C)C. The molecule has 0 unspecified atom stereocenters. The van der Waals surface area contributed by atoms with Gasteiger partial charge in [-0.3, -0.25) is 4.79 Å². The van der Waals surface area contributed by atoms with Gasteiger partial charge in [-0.25, -0.2) is 0 Å². The number of rotatable bonds is 7. The molecule has 3 N–H and O–H groups in total. The van der Waals surface area contributed by atoms with Crippen molar-refractivity contribution in [3.8, 4) is 0 Å². The monoisotopic (exact) mass is 242 g/mol. The maximum absolute atomic E-state index is 12.1. The average molecular weight is 242 g/mol. The molecule has 1 amide bonds. The Hall–Kier alpha value is -0.570. The van der Waals surface area contributed by atoms with Crippen LogP contribution in [0.4, 0.5) is 0 Å². The largest absolute Gasteiger partial charge is 0.355 e. The predicted octanol–water partition coefficient (Wildman–Crippen LogP) is 2.41. The van der Waals surface area contributed by atoms with Crippen LogP contribution < -0.4 is 11.1 Å². The van der Waals surface area contributed by atoms with Crippen molar-refractivity contribution < 1.29 is 4.79 Å². The molecule has 102 valence electrons. The summed E-state index contributed by atoms with van der Waals surface area (Å²) in [5.74, 6) is 1.05. The zero-order valence-corrected chi connectivity index (χ0v) is 12.3. The Labute approximate surface area is 107 Å². The Bertz CT molecular complexity index is 226. The van der Waals surface area contributed by atoms with E-state index in [9.17, 15) is 4.79 Å². The molecule has 0 radical (unpaired) electrons. The number of hydrogen-bond acceptors (Lipinski definition) is 2. The molecule has 17 heavy (non-hydrogen) atoms. The third kappa shape index (κ3) is 6.06. The fourth-order valence-electron chi connectivity index (χ4n) is 2.30. The Balaban J connectivity index is 4.33. The highest BCUT2D eigenvalue weighted by atomic mass is 16.1. The molecular formula is C14H30N2O. The number of amides is 1. The Kier molecular flexibility index (Phi) is 6.76. The van der Waals surface area contributed by atoms with E-state index >= 15 is 0 Å². The van der Waals surface area contributed by atoms with Crippen molar-refractivity contribution in [2.24, 2.45) is 28.9 Å². The summed E-state index contributed by atoms with van der Waals surface area (Å²) in [6.07, 6.45) is 0.932. The molecule has 0 saturated carbocycles. The van der Waals surface area contributed by atoms with Gasteiger partial charge >= 0.3 is 0 Å². The Morgan fingerprint density at radius 1 is 1.18 bits per heavy atom. The van der Waals surface area contributed by atoms with Crippen molar-refractivity contribution in [3.63, 3.8) is 0 Å². The van der Waals surface area contributed by atoms with Crippen LogP contribution in [0, 0.1) is 23.2 Å². The standard InChI is InChI=1S/C14H30N2O/c1-10(2)12(11(3)4)13(17)16-9-14(5,6)7-8-15/h10-12H,7-9,15H2,1-6H3,(H,16,17). The lowest BCUT2D eigenvalue weighted by Gasteiger charge is -2.28. The van der Waals surface area contributed by atoms with Gasteiger partial charge in [0.25, 0.3) is 0 Å². The van der Waals surface area contributed by atoms with Crippen molar-refractivity contribution in [2.75, 3.05) is 13.1 Å². The number of carbonyl (C=O) groups is 1. The molecule has 0 heterocycles. The second-order valence-corrected chi connectivity index (χ2v) is 6.43. The van der Waals surface area contributed by atoms with Crippen LogP contribution in [-0.2, 0) is 4.79 Å². The van der Waals surface area contributed by atoms with E-state index in [1.807, 2.05) is 0 Å². The first kappa shape index (κ1) is 16.4. The van der Waals surface area contributed by atoms with Crippen LogP contribution in [0.3, 0.4) is 0 Å². The molecule has 3 nitrogen and oxygen atoms in total. The van der Waals surface area contributed by atoms with Crippen LogP contribution in [-0.4, -0.2) is 19.0 Å². The van der Waals surface area contributed by atoms with Crippen LogP contribution in [0.25, 0.3) is 0 Å². The van der Waals surface area contributed by atoms with E-state index in [0.29, 0.717) is 24.9 Å². The molecule has 0 saturated heterocycles. The van der Waals surface area contributed by atoms with Crippen LogP contribution in [0.1, 0.15) is 48.0 Å². The van der Waals surface area contributed by atoms with E-state index < -0.39 is 0 Å². The quantitative estimate of drug-likeness (QED) is 0.720. The van der Waals surface area contributed by atoms with Gasteiger partial charge in [-0.05, 0) is 30.2 Å². The van der Waals surface area contributed by atoms with Gasteiger partial charge < -0.3 is 11.1 Å². The van der Waals surface area contributed by atoms with Crippen molar-refractivity contribution in [2.45, 2.75) is 48.0 Å². The van der Waals surface area contributed by atoms with Crippen molar-refractivity contribution in [1.82, 2.24) is 5.32 Å². The van der Waals surface area contributed by atoms with Gasteiger partial charge in [-0.15, -0.1) is 0 Å². The van der Waals surface area contributed by atoms with Crippen LogP contribution in [0.5, 0.6) is 0 Å². The highest BCUT2D eigenvalue weighted by Crippen LogP contribution is 2.22. The van der Waals surface area contributed by atoms with Crippen molar-refractivity contribution in [3.05, 3.63) is 0 Å². The predicted molar refractivity (Wildman–Crippen MR) is 73.6 cm³/mol. The normalized spacial score (nSPS) is 12.6. The lowest BCUT2D eigenvalue weighted by atomic mass is 9.84. The van der Waals surface area contributed by atoms with E-state index in [0.717, 1.165) is 6.42 Å². The molecule has 0 fully saturated rings. The maximum atomic E-state index is 12.1. The summed E-state index contributed by atoms with van der Waals surface area (Å²) in [5, 5.41) is 3.08. The fourth-order valence-corrected chi connectivity index (χ4v) is 2.30. The topological polar surface area (TPSA) is 55.1 Å². The summed E-state index contributed by atoms with van der Waals surface area (Å²) in [5.41, 5.74) is 5.65. The Morgan fingerprint density at radius 3 is 2.00 bits per heavy atom. The minimum Gasteiger partial charge on any atom is -0.355 e. The minimum atomic E-state index is 0.0862. The lowest BCUT2D eigenvalue weighted by molar-refractivity contribution is -0.128. The van der Waals surface area contributed by atoms with Gasteiger partial charge in [0.2, 0.25) is 5.91 Å². The number of nitrogens with two attached hydrogens (primary N) is 1. The van der Waals surface area contributed by atoms with Gasteiger partial charge in [-0.2, -0.15) is 0 Å². The first-order valence-corrected chi connectivity index (χ1v) is 6.69. The summed E-state index contributed by atoms with van der Waals surface area (Å²) in [6, 6.07) is 0. The molecule has 0 atom stereocenters. The molecule has 0 aromatic rings. The fraction of sp³-hybridized carbons (Fsp3) is 0.929. The molecule has 3 heteroatoms. The molecule has 0 bridgehead atoms. The molecule has 0 aromatic heterocycles. The molecule has 0 aromatic carbocycles. The molecule has 0 aliphatic rings. The van der Waals surface area contributed by atoms with Crippen LogP contribution >= 0.6 is 0 Å². The van der Waals surface area contributed by atoms with Crippen molar-refractivity contribution in [1.29, 1.82) is 0 Å². The van der Waals surface area contributed by atoms with E-state index in [1.165, 1.54) is 0 Å². The third-order valence-corrected chi connectivity index (χ3v) is 3.30. The molecule has 0 spiro atoms. The summed E-state index contributed by atoms with van der Waals surface area (Å²) in [4.78, 5) is 12.1. The van der Waals surface area contributed by atoms with E-state index in [2.05, 4.69) is 46.9 Å². The first-order valence-electron chi connectivity index (χ1n) is 6.69. The smallest absolute Gasteiger partial charge is 0.223 e. The average Bonchev–Trinajstić information content (AvgIpc) is 2.13. The summed E-state index contributed by atoms with van der Waals surface area (Å²) >= 11 is 0. The number of hydrogen-bond donors (Lipinski definition) is 2. The number of nitrogens with one attached hydrogen (secondary N) is 1. The first-order chi connectivity index (χ1) is 7.71. The van der Waals surface area contributed by atoms with Gasteiger partial charge in [-0.1, -0.05) is 41.5 Å². The summed E-state index contributed by atoms with van der Waals surface area (Å²) < 4.78 is 0. The molecular weight excluding hydrogens is 212 g/mol. The lowest BCUT2D eigenvalue weighted by Crippen LogP contribution is -2.41. The van der Waals surface area contributed by atoms with E-state index in [4.69, 9.17) is 5.73 Å². The highest BCUT2D eigenvalue weighted by molar-refractivity contribution is 5.79.